The summed E-state index contributed by atoms with van der Waals surface area (Å²) in [5.74, 6) is 0. The Hall–Kier alpha value is -0.0957. The molecule has 0 aromatic heterocycles. The van der Waals surface area contributed by atoms with Gasteiger partial charge in [-0.15, -0.1) is 40.3 Å². The molecule has 0 saturated heterocycles. The summed E-state index contributed by atoms with van der Waals surface area (Å²) in [6.07, 6.45) is 14.9. The molecule has 30 heavy (non-hydrogen) atoms. The van der Waals surface area contributed by atoms with Gasteiger partial charge in [-0.05, 0) is 37.0 Å². The predicted molar refractivity (Wildman–Crippen MR) is 134 cm³/mol. The van der Waals surface area contributed by atoms with Crippen molar-refractivity contribution in [1.82, 2.24) is 0 Å². The fourth-order valence-corrected chi connectivity index (χ4v) is 8.90. The van der Waals surface area contributed by atoms with Gasteiger partial charge in [0, 0.05) is 0 Å². The normalized spacial score (nSPS) is 17.7. The summed E-state index contributed by atoms with van der Waals surface area (Å²) in [6, 6.07) is 24.1. The Balaban J connectivity index is 0.000000272. The van der Waals surface area contributed by atoms with Crippen LogP contribution in [0.2, 0.25) is 0 Å². The minimum absolute atomic E-state index is 0.0611. The average Bonchev–Trinajstić information content (AvgIpc) is 3.49. The minimum Gasteiger partial charge on any atom is -0.214 e. The molecule has 2 fully saturated rings. The number of rotatable bonds is 3. The van der Waals surface area contributed by atoms with E-state index in [1.54, 1.807) is 5.30 Å². The second-order valence-electron chi connectivity index (χ2n) is 8.37. The number of halogens is 2. The first-order chi connectivity index (χ1) is 14.8. The van der Waals surface area contributed by atoms with E-state index in [4.69, 9.17) is 18.6 Å². The number of hydrogen-bond donors (Lipinski definition) is 0. The molecule has 0 bridgehead atoms. The first kappa shape index (κ1) is 24.5. The van der Waals surface area contributed by atoms with Crippen LogP contribution in [0.15, 0.2) is 66.7 Å². The third-order valence-corrected chi connectivity index (χ3v) is 9.85. The van der Waals surface area contributed by atoms with Crippen molar-refractivity contribution in [3.63, 3.8) is 0 Å². The quantitative estimate of drug-likeness (QED) is 0.193. The third kappa shape index (κ3) is 7.50. The van der Waals surface area contributed by atoms with E-state index in [1.807, 2.05) is 30.3 Å². The number of benzene rings is 1. The van der Waals surface area contributed by atoms with Gasteiger partial charge in [-0.1, -0.05) is 52.5 Å². The van der Waals surface area contributed by atoms with Crippen LogP contribution in [0.1, 0.15) is 64.2 Å². The van der Waals surface area contributed by atoms with Crippen molar-refractivity contribution in [2.24, 2.45) is 0 Å². The van der Waals surface area contributed by atoms with Crippen molar-refractivity contribution in [2.75, 3.05) is 0 Å². The Bertz CT molecular complexity index is 733. The molecule has 0 N–H and O–H groups in total. The molecule has 0 atom stereocenters. The molecule has 3 aromatic carbocycles. The fraction of sp³-hybridized carbons (Fsp3) is 0.462. The summed E-state index contributed by atoms with van der Waals surface area (Å²) < 4.78 is 0. The smallest absolute Gasteiger partial charge is 0.0181 e. The topological polar surface area (TPSA) is 0 Å². The maximum absolute atomic E-state index is 4.89. The van der Waals surface area contributed by atoms with E-state index < -0.39 is 17.0 Å². The van der Waals surface area contributed by atoms with Crippen LogP contribution >= 0.6 is 26.5 Å². The molecule has 0 aliphatic heterocycles. The van der Waals surface area contributed by atoms with Crippen molar-refractivity contribution in [2.45, 2.75) is 75.5 Å². The molecular weight excluding hydrogens is 462 g/mol. The maximum Gasteiger partial charge on any atom is -0.0181 e. The van der Waals surface area contributed by atoms with Gasteiger partial charge < -0.3 is 0 Å². The van der Waals surface area contributed by atoms with E-state index in [9.17, 15) is 0 Å². The van der Waals surface area contributed by atoms with Gasteiger partial charge in [0.15, 0.2) is 0 Å². The molecule has 0 heterocycles. The summed E-state index contributed by atoms with van der Waals surface area (Å²) in [5.41, 5.74) is 2.03. The molecule has 162 valence electrons. The summed E-state index contributed by atoms with van der Waals surface area (Å²) >= 11 is -0.556. The summed E-state index contributed by atoms with van der Waals surface area (Å²) in [6.45, 7) is 0. The monoisotopic (exact) mass is 494 g/mol. The van der Waals surface area contributed by atoms with Crippen LogP contribution in [0.5, 0.6) is 0 Å². The molecule has 0 radical (unpaired) electrons. The standard InChI is InChI=1S/C21H28P.C5H5.2ClH.Ti/c1-3-11-19(12-4-1)22(20-13-5-2-6-14-20)21-15-17-9-7-8-10-18(17)16-21;1-2-4-5-3-1;;;/h7-10,15-16,19-20H,1-6,11-14H2;1-5H;2*1H;/q2*-1;;;+2/p-2. The van der Waals surface area contributed by atoms with Gasteiger partial charge in [-0.2, -0.15) is 24.3 Å². The first-order valence-electron chi connectivity index (χ1n) is 11.4. The predicted octanol–water partition coefficient (Wildman–Crippen LogP) is 9.11. The van der Waals surface area contributed by atoms with Crippen molar-refractivity contribution < 1.29 is 17.0 Å². The van der Waals surface area contributed by atoms with Gasteiger partial charge in [0.2, 0.25) is 0 Å². The zero-order chi connectivity index (χ0) is 21.0. The van der Waals surface area contributed by atoms with E-state index >= 15 is 0 Å². The molecule has 4 heteroatoms. The van der Waals surface area contributed by atoms with Gasteiger partial charge in [0.25, 0.3) is 0 Å². The largest absolute Gasteiger partial charge is 0.214 e. The Labute approximate surface area is 200 Å². The van der Waals surface area contributed by atoms with Crippen molar-refractivity contribution in [3.05, 3.63) is 66.7 Å². The van der Waals surface area contributed by atoms with Gasteiger partial charge in [-0.25, -0.2) is 12.1 Å². The zero-order valence-electron chi connectivity index (χ0n) is 17.8. The fourth-order valence-electron chi connectivity index (χ4n) is 5.04. The van der Waals surface area contributed by atoms with E-state index in [0.29, 0.717) is 0 Å². The van der Waals surface area contributed by atoms with Crippen LogP contribution in [0, 0.1) is 0 Å². The molecule has 3 aromatic rings. The SMILES string of the molecule is [Cl][Ti][Cl].c1cc[cH-]c1.c1ccc2[cH-]c(P(C3CCCCC3)C3CCCCC3)cc2c1. The van der Waals surface area contributed by atoms with E-state index in [2.05, 4.69) is 36.4 Å². The zero-order valence-corrected chi connectivity index (χ0v) is 21.7. The molecule has 0 spiro atoms. The average molecular weight is 495 g/mol. The third-order valence-electron chi connectivity index (χ3n) is 6.39. The van der Waals surface area contributed by atoms with E-state index in [-0.39, 0.29) is 7.92 Å². The Morgan fingerprint density at radius 3 is 1.77 bits per heavy atom. The summed E-state index contributed by atoms with van der Waals surface area (Å²) in [4.78, 5) is 0. The van der Waals surface area contributed by atoms with Gasteiger partial charge in [0.05, 0.1) is 0 Å². The molecule has 5 rings (SSSR count). The second kappa shape index (κ2) is 14.1. The first-order valence-corrected chi connectivity index (χ1v) is 17.2. The van der Waals surface area contributed by atoms with Crippen LogP contribution in [0.3, 0.4) is 0 Å². The van der Waals surface area contributed by atoms with E-state index in [0.717, 1.165) is 11.3 Å². The van der Waals surface area contributed by atoms with Gasteiger partial charge >= 0.3 is 35.6 Å². The molecule has 0 unspecified atom stereocenters. The van der Waals surface area contributed by atoms with Crippen LogP contribution in [-0.2, 0) is 17.0 Å². The molecule has 0 nitrogen and oxygen atoms in total. The molecule has 0 amide bonds. The Kier molecular flexibility index (Phi) is 11.6. The molecule has 2 saturated carbocycles. The summed E-state index contributed by atoms with van der Waals surface area (Å²) in [5, 5.41) is 4.67. The van der Waals surface area contributed by atoms with Gasteiger partial charge in [-0.3, -0.25) is 0 Å². The van der Waals surface area contributed by atoms with Crippen molar-refractivity contribution in [3.8, 4) is 0 Å². The number of hydrogen-bond acceptors (Lipinski definition) is 0. The molecule has 2 aliphatic rings. The van der Waals surface area contributed by atoms with Crippen LogP contribution in [0.4, 0.5) is 0 Å². The van der Waals surface area contributed by atoms with Crippen molar-refractivity contribution in [1.29, 1.82) is 0 Å². The van der Waals surface area contributed by atoms with Crippen LogP contribution in [0.25, 0.3) is 10.8 Å². The Morgan fingerprint density at radius 2 is 1.30 bits per heavy atom. The number of fused-ring (bicyclic) bond motifs is 1. The molecule has 2 aliphatic carbocycles. The minimum atomic E-state index is -0.556. The van der Waals surface area contributed by atoms with Crippen LogP contribution in [-0.4, -0.2) is 11.3 Å². The van der Waals surface area contributed by atoms with Crippen molar-refractivity contribution >= 4 is 42.6 Å². The van der Waals surface area contributed by atoms with Crippen LogP contribution < -0.4 is 5.30 Å². The Morgan fingerprint density at radius 1 is 0.767 bits per heavy atom. The van der Waals surface area contributed by atoms with Gasteiger partial charge in [0.1, 0.15) is 0 Å². The maximum atomic E-state index is 4.89. The second-order valence-corrected chi connectivity index (χ2v) is 13.7. The van der Waals surface area contributed by atoms with E-state index in [1.165, 1.54) is 75.0 Å². The molecular formula is C26H33Cl2PTi-2. The summed E-state index contributed by atoms with van der Waals surface area (Å²) in [7, 11) is 9.84.